The molecule has 2 aromatic rings. The lowest BCUT2D eigenvalue weighted by Gasteiger charge is -2.31. The third-order valence-electron chi connectivity index (χ3n) is 3.55. The lowest BCUT2D eigenvalue weighted by Crippen LogP contribution is -2.38. The molecule has 1 heterocycles. The van der Waals surface area contributed by atoms with E-state index in [4.69, 9.17) is 35.4 Å². The number of benzene rings is 2. The van der Waals surface area contributed by atoms with E-state index < -0.39 is 0 Å². The highest BCUT2D eigenvalue weighted by atomic mass is 35.5. The largest absolute Gasteiger partial charge is 0.331 e. The number of anilines is 2. The fraction of sp³-hybridized carbons (Fsp3) is 0.188. The van der Waals surface area contributed by atoms with Gasteiger partial charge in [0.2, 0.25) is 0 Å². The number of fused-ring (bicyclic) bond motifs is 1. The van der Waals surface area contributed by atoms with Crippen molar-refractivity contribution in [3.8, 4) is 0 Å². The molecule has 2 aromatic carbocycles. The molecule has 0 saturated carbocycles. The van der Waals surface area contributed by atoms with Crippen molar-refractivity contribution < 1.29 is 0 Å². The second-order valence-corrected chi connectivity index (χ2v) is 6.09. The van der Waals surface area contributed by atoms with Gasteiger partial charge in [-0.05, 0) is 48.8 Å². The van der Waals surface area contributed by atoms with Crippen LogP contribution in [0, 0.1) is 0 Å². The predicted octanol–water partition coefficient (Wildman–Crippen LogP) is 5.14. The van der Waals surface area contributed by atoms with Crippen molar-refractivity contribution in [2.24, 2.45) is 0 Å². The third kappa shape index (κ3) is 3.00. The lowest BCUT2D eigenvalue weighted by molar-refractivity contribution is 0.781. The minimum atomic E-state index is 0.492. The molecule has 108 valence electrons. The third-order valence-corrected chi connectivity index (χ3v) is 4.69. The molecule has 0 fully saturated rings. The zero-order valence-electron chi connectivity index (χ0n) is 11.3. The second-order valence-electron chi connectivity index (χ2n) is 4.92. The molecule has 0 aliphatic carbocycles. The molecule has 0 saturated heterocycles. The highest BCUT2D eigenvalue weighted by molar-refractivity contribution is 7.80. The number of aryl methyl sites for hydroxylation is 1. The molecule has 0 amide bonds. The molecule has 1 N–H and O–H groups in total. The molecule has 0 spiro atoms. The van der Waals surface area contributed by atoms with Crippen molar-refractivity contribution in [1.29, 1.82) is 0 Å². The van der Waals surface area contributed by atoms with E-state index in [0.29, 0.717) is 15.2 Å². The van der Waals surface area contributed by atoms with Crippen molar-refractivity contribution >= 4 is 51.9 Å². The Morgan fingerprint density at radius 2 is 1.90 bits per heavy atom. The van der Waals surface area contributed by atoms with Gasteiger partial charge in [-0.1, -0.05) is 47.5 Å². The van der Waals surface area contributed by atoms with E-state index in [1.165, 1.54) is 11.3 Å². The molecule has 0 aromatic heterocycles. The molecule has 0 radical (unpaired) electrons. The van der Waals surface area contributed by atoms with Gasteiger partial charge in [-0.15, -0.1) is 0 Å². The van der Waals surface area contributed by atoms with E-state index in [-0.39, 0.29) is 0 Å². The normalized spacial score (nSPS) is 13.7. The van der Waals surface area contributed by atoms with E-state index in [1.807, 2.05) is 18.2 Å². The number of halogens is 2. The van der Waals surface area contributed by atoms with E-state index in [1.54, 1.807) is 6.07 Å². The number of rotatable bonds is 1. The van der Waals surface area contributed by atoms with Crippen LogP contribution in [0.3, 0.4) is 0 Å². The monoisotopic (exact) mass is 336 g/mol. The first-order chi connectivity index (χ1) is 10.2. The van der Waals surface area contributed by atoms with Gasteiger partial charge in [-0.25, -0.2) is 0 Å². The van der Waals surface area contributed by atoms with E-state index in [2.05, 4.69) is 28.4 Å². The van der Waals surface area contributed by atoms with Crippen LogP contribution in [0.15, 0.2) is 42.5 Å². The zero-order valence-corrected chi connectivity index (χ0v) is 13.6. The molecule has 2 nitrogen and oxygen atoms in total. The van der Waals surface area contributed by atoms with Gasteiger partial charge in [0, 0.05) is 12.2 Å². The standard InChI is InChI=1S/C16H14Cl2N2S/c17-12-7-3-8-13(15(12)18)19-16(21)20-10-4-6-11-5-1-2-9-14(11)20/h1-3,5,7-9H,4,6,10H2,(H,19,21). The number of hydrogen-bond donors (Lipinski definition) is 1. The molecule has 0 atom stereocenters. The second kappa shape index (κ2) is 6.22. The molecule has 0 unspecified atom stereocenters. The summed E-state index contributed by atoms with van der Waals surface area (Å²) in [7, 11) is 0. The van der Waals surface area contributed by atoms with Gasteiger partial charge in [0.15, 0.2) is 5.11 Å². The Labute approximate surface area is 139 Å². The minimum Gasteiger partial charge on any atom is -0.331 e. The molecule has 3 rings (SSSR count). The van der Waals surface area contributed by atoms with E-state index in [0.717, 1.165) is 25.1 Å². The Balaban J connectivity index is 1.85. The average Bonchev–Trinajstić information content (AvgIpc) is 2.51. The number of nitrogens with one attached hydrogen (secondary N) is 1. The highest BCUT2D eigenvalue weighted by Gasteiger charge is 2.20. The molecular weight excluding hydrogens is 323 g/mol. The van der Waals surface area contributed by atoms with Crippen LogP contribution >= 0.6 is 35.4 Å². The summed E-state index contributed by atoms with van der Waals surface area (Å²) in [4.78, 5) is 2.12. The van der Waals surface area contributed by atoms with Gasteiger partial charge in [0.25, 0.3) is 0 Å². The summed E-state index contributed by atoms with van der Waals surface area (Å²) in [6, 6.07) is 13.8. The molecule has 1 aliphatic heterocycles. The van der Waals surface area contributed by atoms with Gasteiger partial charge in [-0.3, -0.25) is 0 Å². The van der Waals surface area contributed by atoms with E-state index in [9.17, 15) is 0 Å². The van der Waals surface area contributed by atoms with E-state index >= 15 is 0 Å². The first kappa shape index (κ1) is 14.6. The fourth-order valence-electron chi connectivity index (χ4n) is 2.53. The van der Waals surface area contributed by atoms with Gasteiger partial charge < -0.3 is 10.2 Å². The van der Waals surface area contributed by atoms with Crippen LogP contribution < -0.4 is 10.2 Å². The lowest BCUT2D eigenvalue weighted by atomic mass is 10.0. The van der Waals surface area contributed by atoms with Crippen molar-refractivity contribution in [3.05, 3.63) is 58.1 Å². The Hall–Kier alpha value is -1.29. The SMILES string of the molecule is S=C(Nc1cccc(Cl)c1Cl)N1CCCc2ccccc21. The van der Waals surface area contributed by atoms with Crippen LogP contribution in [0.1, 0.15) is 12.0 Å². The van der Waals surface area contributed by atoms with Crippen molar-refractivity contribution in [2.75, 3.05) is 16.8 Å². The number of hydrogen-bond acceptors (Lipinski definition) is 1. The van der Waals surface area contributed by atoms with Gasteiger partial charge in [0.05, 0.1) is 15.7 Å². The molecule has 0 bridgehead atoms. The predicted molar refractivity (Wildman–Crippen MR) is 94.8 cm³/mol. The number of thiocarbonyl (C=S) groups is 1. The average molecular weight is 337 g/mol. The Morgan fingerprint density at radius 1 is 1.10 bits per heavy atom. The summed E-state index contributed by atoms with van der Waals surface area (Å²) in [6.07, 6.45) is 2.18. The van der Waals surface area contributed by atoms with Crippen LogP contribution in [0.5, 0.6) is 0 Å². The van der Waals surface area contributed by atoms with Crippen LogP contribution in [0.2, 0.25) is 10.0 Å². The Bertz CT molecular complexity index is 688. The van der Waals surface area contributed by atoms with Crippen LogP contribution in [-0.2, 0) is 6.42 Å². The number of nitrogens with zero attached hydrogens (tertiary/aromatic N) is 1. The van der Waals surface area contributed by atoms with Crippen LogP contribution in [0.25, 0.3) is 0 Å². The van der Waals surface area contributed by atoms with Crippen molar-refractivity contribution in [2.45, 2.75) is 12.8 Å². The smallest absolute Gasteiger partial charge is 0.177 e. The van der Waals surface area contributed by atoms with Crippen molar-refractivity contribution in [3.63, 3.8) is 0 Å². The molecule has 21 heavy (non-hydrogen) atoms. The molecule has 1 aliphatic rings. The zero-order chi connectivity index (χ0) is 14.8. The summed E-state index contributed by atoms with van der Waals surface area (Å²) < 4.78 is 0. The molecule has 5 heteroatoms. The topological polar surface area (TPSA) is 15.3 Å². The van der Waals surface area contributed by atoms with Gasteiger partial charge >= 0.3 is 0 Å². The fourth-order valence-corrected chi connectivity index (χ4v) is 3.17. The highest BCUT2D eigenvalue weighted by Crippen LogP contribution is 2.31. The summed E-state index contributed by atoms with van der Waals surface area (Å²) in [6.45, 7) is 0.904. The summed E-state index contributed by atoms with van der Waals surface area (Å²) in [5.41, 5.74) is 3.22. The van der Waals surface area contributed by atoms with Crippen LogP contribution in [0.4, 0.5) is 11.4 Å². The summed E-state index contributed by atoms with van der Waals surface area (Å²) in [5.74, 6) is 0. The first-order valence-electron chi connectivity index (χ1n) is 6.77. The quantitative estimate of drug-likeness (QED) is 0.725. The summed E-state index contributed by atoms with van der Waals surface area (Å²) >= 11 is 17.8. The Kier molecular flexibility index (Phi) is 4.34. The maximum Gasteiger partial charge on any atom is 0.177 e. The van der Waals surface area contributed by atoms with Gasteiger partial charge in [-0.2, -0.15) is 0 Å². The number of para-hydroxylation sites is 1. The first-order valence-corrected chi connectivity index (χ1v) is 7.93. The minimum absolute atomic E-state index is 0.492. The van der Waals surface area contributed by atoms with Crippen LogP contribution in [-0.4, -0.2) is 11.7 Å². The summed E-state index contributed by atoms with van der Waals surface area (Å²) in [5, 5.41) is 4.86. The maximum absolute atomic E-state index is 6.20. The molecular formula is C16H14Cl2N2S. The van der Waals surface area contributed by atoms with Crippen molar-refractivity contribution in [1.82, 2.24) is 0 Å². The Morgan fingerprint density at radius 3 is 2.76 bits per heavy atom. The van der Waals surface area contributed by atoms with Gasteiger partial charge in [0.1, 0.15) is 0 Å². The maximum atomic E-state index is 6.20.